The molecule has 0 bridgehead atoms. The maximum Gasteiger partial charge on any atom is 0.184 e. The van der Waals surface area contributed by atoms with Crippen LogP contribution in [0.25, 0.3) is 0 Å². The van der Waals surface area contributed by atoms with Gasteiger partial charge in [-0.1, -0.05) is 11.6 Å². The Bertz CT molecular complexity index is 316. The van der Waals surface area contributed by atoms with E-state index in [1.54, 1.807) is 26.5 Å². The quantitative estimate of drug-likeness (QED) is 0.782. The average molecular weight is 232 g/mol. The van der Waals surface area contributed by atoms with Crippen molar-refractivity contribution in [2.24, 2.45) is 0 Å². The number of hydrogen-bond acceptors (Lipinski definition) is 4. The van der Waals surface area contributed by atoms with Crippen molar-refractivity contribution >= 4 is 11.6 Å². The van der Waals surface area contributed by atoms with Crippen LogP contribution in [0.5, 0.6) is 0 Å². The van der Waals surface area contributed by atoms with E-state index >= 15 is 0 Å². The first kappa shape index (κ1) is 12.4. The fraction of sp³-hybridized carbons (Fsp3) is 0.500. The summed E-state index contributed by atoms with van der Waals surface area (Å²) in [6, 6.07) is 1.73. The van der Waals surface area contributed by atoms with Crippen molar-refractivity contribution in [3.8, 4) is 0 Å². The van der Waals surface area contributed by atoms with Crippen molar-refractivity contribution in [2.75, 3.05) is 20.8 Å². The van der Waals surface area contributed by atoms with Crippen LogP contribution in [-0.4, -0.2) is 30.9 Å². The van der Waals surface area contributed by atoms with E-state index in [0.717, 1.165) is 5.56 Å². The van der Waals surface area contributed by atoms with Gasteiger partial charge in [-0.15, -0.1) is 0 Å². The third-order valence-corrected chi connectivity index (χ3v) is 2.31. The Hall–Kier alpha value is -0.680. The molecule has 0 aliphatic carbocycles. The van der Waals surface area contributed by atoms with E-state index < -0.39 is 6.29 Å². The number of nitrogens with zero attached hydrogens (tertiary/aromatic N) is 1. The normalized spacial score (nSPS) is 11.0. The van der Waals surface area contributed by atoms with Gasteiger partial charge in [0.2, 0.25) is 0 Å². The molecule has 0 amide bonds. The maximum absolute atomic E-state index is 8.77. The lowest BCUT2D eigenvalue weighted by Gasteiger charge is -2.14. The van der Waals surface area contributed by atoms with Gasteiger partial charge in [0.15, 0.2) is 6.29 Å². The summed E-state index contributed by atoms with van der Waals surface area (Å²) in [5.41, 5.74) is 1.43. The van der Waals surface area contributed by atoms with Gasteiger partial charge in [-0.25, -0.2) is 0 Å². The van der Waals surface area contributed by atoms with E-state index in [0.29, 0.717) is 17.1 Å². The van der Waals surface area contributed by atoms with Crippen LogP contribution >= 0.6 is 11.6 Å². The van der Waals surface area contributed by atoms with Gasteiger partial charge in [-0.3, -0.25) is 4.98 Å². The number of rotatable bonds is 5. The molecule has 0 fully saturated rings. The first-order valence-electron chi connectivity index (χ1n) is 4.53. The van der Waals surface area contributed by atoms with Gasteiger partial charge in [-0.05, 0) is 6.07 Å². The van der Waals surface area contributed by atoms with Crippen LogP contribution in [0.3, 0.4) is 0 Å². The minimum absolute atomic E-state index is 0.0318. The summed E-state index contributed by atoms with van der Waals surface area (Å²) >= 11 is 5.98. The third-order valence-electron chi connectivity index (χ3n) is 1.99. The van der Waals surface area contributed by atoms with Crippen molar-refractivity contribution < 1.29 is 14.6 Å². The maximum atomic E-state index is 8.77. The highest BCUT2D eigenvalue weighted by atomic mass is 35.5. The highest BCUT2D eigenvalue weighted by Crippen LogP contribution is 2.22. The monoisotopic (exact) mass is 231 g/mol. The second-order valence-corrected chi connectivity index (χ2v) is 3.38. The average Bonchev–Trinajstić information content (AvgIpc) is 2.24. The molecule has 1 aromatic heterocycles. The lowest BCUT2D eigenvalue weighted by atomic mass is 10.2. The molecule has 0 saturated carbocycles. The lowest BCUT2D eigenvalue weighted by molar-refractivity contribution is -0.106. The number of pyridine rings is 1. The predicted octanol–water partition coefficient (Wildman–Crippen LogP) is 1.56. The van der Waals surface area contributed by atoms with E-state index in [4.69, 9.17) is 26.2 Å². The minimum Gasteiger partial charge on any atom is -0.396 e. The zero-order valence-corrected chi connectivity index (χ0v) is 9.49. The van der Waals surface area contributed by atoms with Crippen LogP contribution < -0.4 is 0 Å². The fourth-order valence-electron chi connectivity index (χ4n) is 1.27. The van der Waals surface area contributed by atoms with Gasteiger partial charge in [0.25, 0.3) is 0 Å². The lowest BCUT2D eigenvalue weighted by Crippen LogP contribution is -2.05. The van der Waals surface area contributed by atoms with Gasteiger partial charge in [-0.2, -0.15) is 0 Å². The minimum atomic E-state index is -0.460. The number of ether oxygens (including phenoxy) is 2. The van der Waals surface area contributed by atoms with Crippen LogP contribution in [-0.2, 0) is 15.9 Å². The summed E-state index contributed by atoms with van der Waals surface area (Å²) in [5, 5.41) is 9.28. The first-order chi connectivity index (χ1) is 7.22. The molecule has 0 radical (unpaired) electrons. The van der Waals surface area contributed by atoms with Gasteiger partial charge >= 0.3 is 0 Å². The molecule has 5 heteroatoms. The van der Waals surface area contributed by atoms with Crippen molar-refractivity contribution in [2.45, 2.75) is 12.7 Å². The highest BCUT2D eigenvalue weighted by molar-refractivity contribution is 6.31. The van der Waals surface area contributed by atoms with Crippen molar-refractivity contribution in [3.05, 3.63) is 28.5 Å². The molecule has 0 unspecified atom stereocenters. The van der Waals surface area contributed by atoms with Gasteiger partial charge in [0, 0.05) is 39.0 Å². The summed E-state index contributed by atoms with van der Waals surface area (Å²) < 4.78 is 10.1. The molecule has 1 N–H and O–H groups in total. The molecule has 0 aliphatic heterocycles. The molecule has 1 heterocycles. The fourth-order valence-corrected chi connectivity index (χ4v) is 1.54. The highest BCUT2D eigenvalue weighted by Gasteiger charge is 2.11. The Kier molecular flexibility index (Phi) is 4.98. The van der Waals surface area contributed by atoms with Crippen LogP contribution in [0.15, 0.2) is 12.3 Å². The summed E-state index contributed by atoms with van der Waals surface area (Å²) in [5.74, 6) is 0. The topological polar surface area (TPSA) is 51.6 Å². The summed E-state index contributed by atoms with van der Waals surface area (Å²) in [6.45, 7) is 0.0318. The molecular weight excluding hydrogens is 218 g/mol. The van der Waals surface area contributed by atoms with Crippen LogP contribution in [0.4, 0.5) is 0 Å². The Morgan fingerprint density at radius 3 is 2.60 bits per heavy atom. The van der Waals surface area contributed by atoms with E-state index in [1.807, 2.05) is 0 Å². The first-order valence-corrected chi connectivity index (χ1v) is 4.91. The van der Waals surface area contributed by atoms with Crippen LogP contribution in [0.2, 0.25) is 5.02 Å². The van der Waals surface area contributed by atoms with Crippen molar-refractivity contribution in [1.82, 2.24) is 4.98 Å². The molecule has 84 valence electrons. The molecule has 15 heavy (non-hydrogen) atoms. The molecule has 0 aliphatic rings. The van der Waals surface area contributed by atoms with E-state index in [1.165, 1.54) is 0 Å². The van der Waals surface area contributed by atoms with Crippen molar-refractivity contribution in [3.63, 3.8) is 0 Å². The number of aromatic nitrogens is 1. The van der Waals surface area contributed by atoms with Crippen molar-refractivity contribution in [1.29, 1.82) is 0 Å². The third kappa shape index (κ3) is 3.14. The SMILES string of the molecule is COC(OC)c1cnc(CCO)c(Cl)c1. The van der Waals surface area contributed by atoms with Crippen LogP contribution in [0, 0.1) is 0 Å². The standard InChI is InChI=1S/C10H14ClNO3/c1-14-10(15-2)7-5-8(11)9(3-4-13)12-6-7/h5-6,10,13H,3-4H2,1-2H3. The number of aliphatic hydroxyl groups is 1. The summed E-state index contributed by atoms with van der Waals surface area (Å²) in [7, 11) is 3.09. The molecule has 0 spiro atoms. The van der Waals surface area contributed by atoms with Crippen LogP contribution in [0.1, 0.15) is 17.5 Å². The van der Waals surface area contributed by atoms with E-state index in [-0.39, 0.29) is 6.61 Å². The van der Waals surface area contributed by atoms with E-state index in [2.05, 4.69) is 4.98 Å². The number of methoxy groups -OCH3 is 2. The molecule has 0 aromatic carbocycles. The Morgan fingerprint density at radius 1 is 1.47 bits per heavy atom. The zero-order chi connectivity index (χ0) is 11.3. The number of halogens is 1. The molecule has 1 rings (SSSR count). The van der Waals surface area contributed by atoms with E-state index in [9.17, 15) is 0 Å². The molecular formula is C10H14ClNO3. The second kappa shape index (κ2) is 6.02. The molecule has 1 aromatic rings. The van der Waals surface area contributed by atoms with Gasteiger partial charge < -0.3 is 14.6 Å². The summed E-state index contributed by atoms with van der Waals surface area (Å²) in [4.78, 5) is 4.13. The predicted molar refractivity (Wildman–Crippen MR) is 56.8 cm³/mol. The smallest absolute Gasteiger partial charge is 0.184 e. The number of hydrogen-bond donors (Lipinski definition) is 1. The number of aliphatic hydroxyl groups excluding tert-OH is 1. The Balaban J connectivity index is 2.89. The Labute approximate surface area is 93.8 Å². The largest absolute Gasteiger partial charge is 0.396 e. The summed E-state index contributed by atoms with van der Waals surface area (Å²) in [6.07, 6.45) is 1.62. The Morgan fingerprint density at radius 2 is 2.13 bits per heavy atom. The van der Waals surface area contributed by atoms with Gasteiger partial charge in [0.1, 0.15) is 0 Å². The molecule has 0 saturated heterocycles. The molecule has 4 nitrogen and oxygen atoms in total. The zero-order valence-electron chi connectivity index (χ0n) is 8.74. The van der Waals surface area contributed by atoms with Gasteiger partial charge in [0.05, 0.1) is 10.7 Å². The second-order valence-electron chi connectivity index (χ2n) is 2.97. The molecule has 0 atom stereocenters.